The second kappa shape index (κ2) is 12.2. The number of nitrogens with two attached hydrogens (primary N) is 1. The average molecular weight is 649 g/mol. The van der Waals surface area contributed by atoms with E-state index in [2.05, 4.69) is 42.5 Å². The van der Waals surface area contributed by atoms with Gasteiger partial charge in [0.05, 0.1) is 15.8 Å². The second-order valence-corrected chi connectivity index (χ2v) is 9.75. The Kier molecular flexibility index (Phi) is 8.77. The van der Waals surface area contributed by atoms with Crippen LogP contribution in [0.1, 0.15) is 11.7 Å². The van der Waals surface area contributed by atoms with Gasteiger partial charge < -0.3 is 35.1 Å². The largest absolute Gasteiger partial charge is 0.506 e. The van der Waals surface area contributed by atoms with E-state index < -0.39 is 24.2 Å². The zero-order valence-electron chi connectivity index (χ0n) is 19.9. The van der Waals surface area contributed by atoms with Crippen molar-refractivity contribution in [2.45, 2.75) is 12.2 Å². The molecule has 5 N–H and O–H groups in total. The summed E-state index contributed by atoms with van der Waals surface area (Å²) in [6.07, 6.45) is -0.309. The number of hydrogen-bond acceptors (Lipinski definition) is 8. The number of amides is 2. The zero-order chi connectivity index (χ0) is 27.2. The number of fused-ring (bicyclic) bond motifs is 1. The minimum absolute atomic E-state index is 0.0919. The SMILES string of the molecule is CO[C@@H](/C=C/C(=O)Nc1ccccc1N)[C@@H](OC(=O)Nc1ccc2c(c1)OCO2)c1cc(Br)cc(Br)c1O. The van der Waals surface area contributed by atoms with Crippen LogP contribution in [0.4, 0.5) is 21.9 Å². The maximum Gasteiger partial charge on any atom is 0.412 e. The number of phenolic OH excluding ortho intramolecular Hbond substituents is 1. The molecule has 2 atom stereocenters. The number of methoxy groups -OCH3 is 1. The normalized spacial score (nSPS) is 13.7. The molecule has 12 heteroatoms. The molecule has 0 bridgehead atoms. The number of nitrogens with one attached hydrogen (secondary N) is 2. The number of carbonyl (C=O) groups is 2. The van der Waals surface area contributed by atoms with Crippen molar-refractivity contribution in [3.63, 3.8) is 0 Å². The molecule has 4 rings (SSSR count). The first-order valence-electron chi connectivity index (χ1n) is 11.2. The quantitative estimate of drug-likeness (QED) is 0.179. The number of phenols is 1. The fraction of sp³-hybridized carbons (Fsp3) is 0.154. The maximum absolute atomic E-state index is 12.9. The topological polar surface area (TPSA) is 141 Å². The average Bonchev–Trinajstić information content (AvgIpc) is 3.35. The van der Waals surface area contributed by atoms with Gasteiger partial charge in [0.25, 0.3) is 0 Å². The number of aromatic hydroxyl groups is 1. The highest BCUT2D eigenvalue weighted by atomic mass is 79.9. The van der Waals surface area contributed by atoms with Gasteiger partial charge in [0.2, 0.25) is 12.7 Å². The minimum atomic E-state index is -1.16. The molecule has 1 aliphatic heterocycles. The van der Waals surface area contributed by atoms with Crippen LogP contribution in [0.2, 0.25) is 0 Å². The third kappa shape index (κ3) is 6.57. The minimum Gasteiger partial charge on any atom is -0.506 e. The van der Waals surface area contributed by atoms with Gasteiger partial charge >= 0.3 is 6.09 Å². The maximum atomic E-state index is 12.9. The summed E-state index contributed by atoms with van der Waals surface area (Å²) >= 11 is 6.68. The van der Waals surface area contributed by atoms with E-state index in [1.54, 1.807) is 54.6 Å². The molecular weight excluding hydrogens is 626 g/mol. The van der Waals surface area contributed by atoms with Crippen LogP contribution >= 0.6 is 31.9 Å². The molecule has 0 saturated carbocycles. The first kappa shape index (κ1) is 27.3. The van der Waals surface area contributed by atoms with Crippen molar-refractivity contribution in [2.75, 3.05) is 30.3 Å². The number of anilines is 3. The Hall–Kier alpha value is -3.74. The summed E-state index contributed by atoms with van der Waals surface area (Å²) in [5.41, 5.74) is 7.38. The van der Waals surface area contributed by atoms with Crippen LogP contribution in [0.5, 0.6) is 17.2 Å². The number of carbonyl (C=O) groups excluding carboxylic acids is 2. The van der Waals surface area contributed by atoms with E-state index in [0.717, 1.165) is 0 Å². The van der Waals surface area contributed by atoms with Gasteiger partial charge in [-0.25, -0.2) is 4.79 Å². The highest BCUT2D eigenvalue weighted by Crippen LogP contribution is 2.39. The van der Waals surface area contributed by atoms with Gasteiger partial charge in [-0.2, -0.15) is 0 Å². The van der Waals surface area contributed by atoms with Gasteiger partial charge in [0.1, 0.15) is 11.9 Å². The van der Waals surface area contributed by atoms with Gasteiger partial charge in [-0.05, 0) is 58.4 Å². The third-order valence-electron chi connectivity index (χ3n) is 5.44. The van der Waals surface area contributed by atoms with Crippen molar-refractivity contribution < 1.29 is 33.6 Å². The van der Waals surface area contributed by atoms with Crippen molar-refractivity contribution in [3.8, 4) is 17.2 Å². The molecule has 198 valence electrons. The smallest absolute Gasteiger partial charge is 0.412 e. The molecular formula is C26H23Br2N3O7. The van der Waals surface area contributed by atoms with Crippen molar-refractivity contribution >= 4 is 60.9 Å². The lowest BCUT2D eigenvalue weighted by molar-refractivity contribution is -0.112. The van der Waals surface area contributed by atoms with Crippen molar-refractivity contribution in [1.29, 1.82) is 0 Å². The van der Waals surface area contributed by atoms with Crippen LogP contribution in [0.25, 0.3) is 0 Å². The molecule has 0 fully saturated rings. The lowest BCUT2D eigenvalue weighted by Crippen LogP contribution is -2.27. The number of nitrogen functional groups attached to an aromatic ring is 1. The number of halogens is 2. The number of para-hydroxylation sites is 2. The lowest BCUT2D eigenvalue weighted by Gasteiger charge is -2.25. The fourth-order valence-electron chi connectivity index (χ4n) is 3.62. The number of hydrogen-bond donors (Lipinski definition) is 4. The van der Waals surface area contributed by atoms with E-state index in [9.17, 15) is 14.7 Å². The summed E-state index contributed by atoms with van der Waals surface area (Å²) < 4.78 is 22.9. The van der Waals surface area contributed by atoms with Crippen LogP contribution in [-0.4, -0.2) is 37.1 Å². The second-order valence-electron chi connectivity index (χ2n) is 7.98. The van der Waals surface area contributed by atoms with Gasteiger partial charge in [0.15, 0.2) is 17.6 Å². The summed E-state index contributed by atoms with van der Waals surface area (Å²) in [6, 6.07) is 14.9. The van der Waals surface area contributed by atoms with Crippen LogP contribution in [0.3, 0.4) is 0 Å². The van der Waals surface area contributed by atoms with E-state index in [4.69, 9.17) is 24.7 Å². The Morgan fingerprint density at radius 3 is 2.61 bits per heavy atom. The molecule has 1 heterocycles. The zero-order valence-corrected chi connectivity index (χ0v) is 23.1. The van der Waals surface area contributed by atoms with Gasteiger partial charge in [-0.3, -0.25) is 10.1 Å². The Morgan fingerprint density at radius 2 is 1.84 bits per heavy atom. The standard InChI is InChI=1S/C26H23Br2N3O7/c1-35-21(8-9-23(32)31-19-5-3-2-4-18(19)29)25(16-10-14(27)11-17(28)24(16)33)38-26(34)30-15-6-7-20-22(12-15)37-13-36-20/h2-12,21,25,33H,13,29H2,1H3,(H,30,34)(H,31,32)/b9-8+/t21-,25-/m0/s1. The van der Waals surface area contributed by atoms with Crippen LogP contribution < -0.4 is 25.8 Å². The molecule has 2 amide bonds. The molecule has 3 aromatic rings. The Morgan fingerprint density at radius 1 is 1.08 bits per heavy atom. The molecule has 0 aliphatic carbocycles. The van der Waals surface area contributed by atoms with Gasteiger partial charge in [-0.1, -0.05) is 28.1 Å². The van der Waals surface area contributed by atoms with E-state index in [-0.39, 0.29) is 18.1 Å². The Balaban J connectivity index is 1.57. The molecule has 0 spiro atoms. The summed E-state index contributed by atoms with van der Waals surface area (Å²) in [5.74, 6) is 0.403. The Labute approximate surface area is 235 Å². The van der Waals surface area contributed by atoms with E-state index in [1.165, 1.54) is 19.3 Å². The molecule has 0 aromatic heterocycles. The van der Waals surface area contributed by atoms with Gasteiger partial charge in [-0.15, -0.1) is 0 Å². The van der Waals surface area contributed by atoms with Crippen molar-refractivity contribution in [2.24, 2.45) is 0 Å². The predicted molar refractivity (Wildman–Crippen MR) is 148 cm³/mol. The first-order chi connectivity index (χ1) is 18.2. The number of rotatable bonds is 8. The lowest BCUT2D eigenvalue weighted by atomic mass is 10.0. The molecule has 0 radical (unpaired) electrons. The fourth-order valence-corrected chi connectivity index (χ4v) is 4.88. The Bertz CT molecular complexity index is 1380. The third-order valence-corrected chi connectivity index (χ3v) is 6.51. The molecule has 1 aliphatic rings. The summed E-state index contributed by atoms with van der Waals surface area (Å²) in [7, 11) is 1.39. The number of ether oxygens (including phenoxy) is 4. The number of benzene rings is 3. The van der Waals surface area contributed by atoms with E-state index in [1.807, 2.05) is 0 Å². The van der Waals surface area contributed by atoms with Crippen LogP contribution in [0.15, 0.2) is 75.7 Å². The van der Waals surface area contributed by atoms with Crippen molar-refractivity contribution in [1.82, 2.24) is 0 Å². The molecule has 0 unspecified atom stereocenters. The van der Waals surface area contributed by atoms with Crippen LogP contribution in [0, 0.1) is 0 Å². The highest BCUT2D eigenvalue weighted by Gasteiger charge is 2.30. The summed E-state index contributed by atoms with van der Waals surface area (Å²) in [4.78, 5) is 25.5. The molecule has 10 nitrogen and oxygen atoms in total. The molecule has 38 heavy (non-hydrogen) atoms. The summed E-state index contributed by atoms with van der Waals surface area (Å²) in [6.45, 7) is 0.0919. The molecule has 0 saturated heterocycles. The summed E-state index contributed by atoms with van der Waals surface area (Å²) in [5, 5.41) is 16.1. The van der Waals surface area contributed by atoms with Gasteiger partial charge in [0, 0.05) is 35.0 Å². The van der Waals surface area contributed by atoms with Crippen molar-refractivity contribution in [3.05, 3.63) is 81.3 Å². The highest BCUT2D eigenvalue weighted by molar-refractivity contribution is 9.11. The van der Waals surface area contributed by atoms with E-state index >= 15 is 0 Å². The van der Waals surface area contributed by atoms with E-state index in [0.29, 0.717) is 37.5 Å². The molecule has 3 aromatic carbocycles. The predicted octanol–water partition coefficient (Wildman–Crippen LogP) is 5.73. The van der Waals surface area contributed by atoms with Crippen LogP contribution in [-0.2, 0) is 14.3 Å². The first-order valence-corrected chi connectivity index (χ1v) is 12.8. The monoisotopic (exact) mass is 647 g/mol.